The molecule has 0 aliphatic rings. The minimum Gasteiger partial charge on any atom is -0.496 e. The van der Waals surface area contributed by atoms with Crippen molar-refractivity contribution in [3.63, 3.8) is 0 Å². The fourth-order valence-corrected chi connectivity index (χ4v) is 11.2. The highest BCUT2D eigenvalue weighted by molar-refractivity contribution is 7.81. The van der Waals surface area contributed by atoms with Crippen molar-refractivity contribution >= 4 is 47.7 Å². The van der Waals surface area contributed by atoms with E-state index in [-0.39, 0.29) is 0 Å². The van der Waals surface area contributed by atoms with Gasteiger partial charge in [0.1, 0.15) is 11.5 Å². The van der Waals surface area contributed by atoms with Crippen molar-refractivity contribution in [2.45, 2.75) is 0 Å². The first-order valence-corrected chi connectivity index (χ1v) is 18.8. The first kappa shape index (κ1) is 45.9. The SMILES string of the molecule is COc1cccc(P(c2c(F)c(F)c(F)c(F)c2F)c2c(F)c(F)c(F)c(F)c2F)c1-c1c(OC)cccc1P(c1c(F)c(F)c(F)c(F)c1F)c1c(F)c(F)c(F)c(F)c1F. The van der Waals surface area contributed by atoms with Crippen LogP contribution in [0.25, 0.3) is 11.1 Å². The van der Waals surface area contributed by atoms with E-state index < -0.39 is 187 Å². The predicted molar refractivity (Wildman–Crippen MR) is 182 cm³/mol. The van der Waals surface area contributed by atoms with E-state index in [2.05, 4.69) is 0 Å². The third-order valence-electron chi connectivity index (χ3n) is 8.82. The van der Waals surface area contributed by atoms with Gasteiger partial charge in [0.25, 0.3) is 0 Å². The van der Waals surface area contributed by atoms with Crippen molar-refractivity contribution in [1.29, 1.82) is 0 Å². The summed E-state index contributed by atoms with van der Waals surface area (Å²) in [5.74, 6) is -60.1. The fourth-order valence-electron chi connectivity index (χ4n) is 6.12. The Morgan fingerprint density at radius 3 is 0.629 bits per heavy atom. The maximum Gasteiger partial charge on any atom is 0.200 e. The second-order valence-electron chi connectivity index (χ2n) is 12.1. The van der Waals surface area contributed by atoms with Gasteiger partial charge in [0.15, 0.2) is 93.1 Å². The van der Waals surface area contributed by atoms with E-state index in [4.69, 9.17) is 9.47 Å². The molecule has 0 aliphatic carbocycles. The zero-order valence-corrected chi connectivity index (χ0v) is 31.5. The van der Waals surface area contributed by atoms with E-state index in [1.165, 1.54) is 0 Å². The Hall–Kier alpha value is -5.62. The van der Waals surface area contributed by atoms with Crippen molar-refractivity contribution in [2.75, 3.05) is 14.2 Å². The molecule has 24 heteroatoms. The van der Waals surface area contributed by atoms with Crippen LogP contribution in [0, 0.1) is 116 Å². The molecule has 0 amide bonds. The van der Waals surface area contributed by atoms with E-state index >= 15 is 35.1 Å². The normalized spacial score (nSPS) is 11.7. The second kappa shape index (κ2) is 16.9. The van der Waals surface area contributed by atoms with Gasteiger partial charge >= 0.3 is 0 Å². The Kier molecular flexibility index (Phi) is 12.5. The van der Waals surface area contributed by atoms with Crippen molar-refractivity contribution in [3.8, 4) is 22.6 Å². The quantitative estimate of drug-likeness (QED) is 0.0623. The van der Waals surface area contributed by atoms with E-state index in [1.807, 2.05) is 0 Å². The van der Waals surface area contributed by atoms with Gasteiger partial charge in [0.05, 0.1) is 35.4 Å². The monoisotopic (exact) mass is 942 g/mol. The number of rotatable bonds is 9. The summed E-state index contributed by atoms with van der Waals surface area (Å²) in [6.07, 6.45) is 0. The molecule has 0 heterocycles. The van der Waals surface area contributed by atoms with Crippen LogP contribution in [0.5, 0.6) is 11.5 Å². The van der Waals surface area contributed by atoms with Gasteiger partial charge in [-0.3, -0.25) is 0 Å². The number of hydrogen-bond acceptors (Lipinski definition) is 2. The molecule has 0 atom stereocenters. The largest absolute Gasteiger partial charge is 0.496 e. The summed E-state index contributed by atoms with van der Waals surface area (Å²) in [5.41, 5.74) is -2.44. The third kappa shape index (κ3) is 6.85. The molecule has 0 fully saturated rings. The zero-order chi connectivity index (χ0) is 46.1. The molecule has 0 radical (unpaired) electrons. The molecule has 0 spiro atoms. The van der Waals surface area contributed by atoms with Crippen LogP contribution in [0.15, 0.2) is 36.4 Å². The van der Waals surface area contributed by atoms with Crippen LogP contribution >= 0.6 is 15.8 Å². The summed E-state index contributed by atoms with van der Waals surface area (Å²) < 4.78 is 314. The summed E-state index contributed by atoms with van der Waals surface area (Å²) in [4.78, 5) is 0. The standard InChI is InChI=1S/C38H12F20O2P2/c1-59-9-5-3-7-11(61(35-27(51)19(43)15(39)20(44)28(35)52)36-29(53)21(45)16(40)22(46)30(36)54)13(9)14-10(60-2)6-4-8-12(14)62(37-31(55)23(47)17(41)24(48)32(37)56)38-33(57)25(49)18(42)26(50)34(38)58/h3-8H,1-2H3. The smallest absolute Gasteiger partial charge is 0.200 e. The lowest BCUT2D eigenvalue weighted by Crippen LogP contribution is -2.35. The first-order chi connectivity index (χ1) is 29.1. The fraction of sp³-hybridized carbons (Fsp3) is 0.0526. The number of methoxy groups -OCH3 is 2. The van der Waals surface area contributed by atoms with Crippen molar-refractivity contribution in [2.24, 2.45) is 0 Å². The molecule has 0 saturated carbocycles. The molecule has 326 valence electrons. The summed E-state index contributed by atoms with van der Waals surface area (Å²) in [7, 11) is -7.73. The molecule has 6 aromatic carbocycles. The summed E-state index contributed by atoms with van der Waals surface area (Å²) in [5, 5.41) is -12.0. The van der Waals surface area contributed by atoms with Crippen molar-refractivity contribution in [1.82, 2.24) is 0 Å². The minimum absolute atomic E-state index is 0.439. The minimum atomic E-state index is -4.55. The molecular weight excluding hydrogens is 930 g/mol. The molecule has 62 heavy (non-hydrogen) atoms. The first-order valence-electron chi connectivity index (χ1n) is 16.1. The molecule has 0 bridgehead atoms. The summed E-state index contributed by atoms with van der Waals surface area (Å²) in [6, 6.07) is 3.76. The highest BCUT2D eigenvalue weighted by Crippen LogP contribution is 2.50. The average molecular weight is 942 g/mol. The Balaban J connectivity index is 1.93. The zero-order valence-electron chi connectivity index (χ0n) is 29.7. The lowest BCUT2D eigenvalue weighted by Gasteiger charge is -2.29. The number of halogens is 20. The maximum absolute atomic E-state index is 15.8. The second-order valence-corrected chi connectivity index (χ2v) is 16.1. The van der Waals surface area contributed by atoms with Crippen LogP contribution in [-0.4, -0.2) is 14.2 Å². The molecule has 0 saturated heterocycles. The van der Waals surface area contributed by atoms with E-state index in [0.29, 0.717) is 38.5 Å². The van der Waals surface area contributed by atoms with Crippen molar-refractivity contribution in [3.05, 3.63) is 153 Å². The predicted octanol–water partition coefficient (Wildman–Crippen LogP) is 9.67. The summed E-state index contributed by atoms with van der Waals surface area (Å²) in [6.45, 7) is 0. The Labute approximate surface area is 334 Å². The van der Waals surface area contributed by atoms with Gasteiger partial charge in [-0.1, -0.05) is 24.3 Å². The molecule has 0 aromatic heterocycles. The van der Waals surface area contributed by atoms with Gasteiger partial charge < -0.3 is 9.47 Å². The molecule has 0 N–H and O–H groups in total. The number of hydrogen-bond donors (Lipinski definition) is 0. The average Bonchev–Trinajstić information content (AvgIpc) is 3.27. The van der Waals surface area contributed by atoms with E-state index in [0.717, 1.165) is 12.1 Å². The molecular formula is C38H12F20O2P2. The molecule has 0 aliphatic heterocycles. The highest BCUT2D eigenvalue weighted by Gasteiger charge is 2.43. The van der Waals surface area contributed by atoms with Crippen LogP contribution in [0.4, 0.5) is 87.8 Å². The van der Waals surface area contributed by atoms with Gasteiger partial charge in [0, 0.05) is 27.0 Å². The van der Waals surface area contributed by atoms with Gasteiger partial charge in [0.2, 0.25) is 23.3 Å². The van der Waals surface area contributed by atoms with Gasteiger partial charge in [-0.05, 0) is 22.7 Å². The maximum atomic E-state index is 15.8. The topological polar surface area (TPSA) is 18.5 Å². The van der Waals surface area contributed by atoms with Crippen LogP contribution < -0.4 is 41.3 Å². The van der Waals surface area contributed by atoms with Crippen LogP contribution in [0.2, 0.25) is 0 Å². The van der Waals surface area contributed by atoms with Crippen LogP contribution in [0.1, 0.15) is 0 Å². The van der Waals surface area contributed by atoms with Crippen molar-refractivity contribution < 1.29 is 97.3 Å². The lowest BCUT2D eigenvalue weighted by molar-refractivity contribution is 0.383. The van der Waals surface area contributed by atoms with Crippen LogP contribution in [0.3, 0.4) is 0 Å². The molecule has 2 nitrogen and oxygen atoms in total. The third-order valence-corrected chi connectivity index (χ3v) is 13.9. The Morgan fingerprint density at radius 2 is 0.452 bits per heavy atom. The van der Waals surface area contributed by atoms with Gasteiger partial charge in [-0.2, -0.15) is 0 Å². The molecule has 0 unspecified atom stereocenters. The molecule has 6 aromatic rings. The lowest BCUT2D eigenvalue weighted by atomic mass is 10.0. The summed E-state index contributed by atoms with van der Waals surface area (Å²) >= 11 is 0. The number of benzene rings is 6. The highest BCUT2D eigenvalue weighted by atomic mass is 31.1. The van der Waals surface area contributed by atoms with Gasteiger partial charge in [-0.15, -0.1) is 0 Å². The number of ether oxygens (including phenoxy) is 2. The Bertz CT molecular complexity index is 2420. The van der Waals surface area contributed by atoms with Crippen LogP contribution in [-0.2, 0) is 0 Å². The van der Waals surface area contributed by atoms with E-state index in [1.54, 1.807) is 0 Å². The van der Waals surface area contributed by atoms with E-state index in [9.17, 15) is 52.7 Å². The van der Waals surface area contributed by atoms with Gasteiger partial charge in [-0.25, -0.2) is 87.8 Å². The Morgan fingerprint density at radius 1 is 0.274 bits per heavy atom. The molecule has 6 rings (SSSR count).